The lowest BCUT2D eigenvalue weighted by Gasteiger charge is -2.15. The maximum Gasteiger partial charge on any atom is 0.120 e. The molecule has 0 spiro atoms. The number of nitrogens with one attached hydrogen (secondary N) is 2. The minimum absolute atomic E-state index is 0.839. The van der Waals surface area contributed by atoms with E-state index in [1.165, 1.54) is 12.8 Å². The van der Waals surface area contributed by atoms with E-state index in [0.717, 1.165) is 31.5 Å². The van der Waals surface area contributed by atoms with Gasteiger partial charge in [0.1, 0.15) is 5.82 Å². The van der Waals surface area contributed by atoms with Crippen molar-refractivity contribution in [3.05, 3.63) is 18.2 Å². The number of aromatic amines is 1. The Morgan fingerprint density at radius 2 is 2.50 bits per heavy atom. The highest BCUT2D eigenvalue weighted by atomic mass is 15.2. The molecule has 14 heavy (non-hydrogen) atoms. The van der Waals surface area contributed by atoms with Gasteiger partial charge in [-0.25, -0.2) is 4.98 Å². The van der Waals surface area contributed by atoms with Crippen molar-refractivity contribution < 1.29 is 0 Å². The molecule has 0 aliphatic heterocycles. The van der Waals surface area contributed by atoms with E-state index in [9.17, 15) is 0 Å². The highest BCUT2D eigenvalue weighted by Gasteiger charge is 2.25. The Morgan fingerprint density at radius 3 is 3.14 bits per heavy atom. The molecule has 0 bridgehead atoms. The van der Waals surface area contributed by atoms with E-state index < -0.39 is 0 Å². The number of H-pyrrole nitrogens is 1. The summed E-state index contributed by atoms with van der Waals surface area (Å²) in [5, 5.41) is 3.37. The van der Waals surface area contributed by atoms with Crippen LogP contribution in [-0.2, 0) is 6.54 Å². The fraction of sp³-hybridized carbons (Fsp3) is 0.700. The minimum atomic E-state index is 0.839. The van der Waals surface area contributed by atoms with Crippen LogP contribution in [0.3, 0.4) is 0 Å². The zero-order chi connectivity index (χ0) is 9.80. The molecule has 0 unspecified atom stereocenters. The molecular weight excluding hydrogens is 176 g/mol. The van der Waals surface area contributed by atoms with E-state index in [2.05, 4.69) is 27.2 Å². The van der Waals surface area contributed by atoms with Crippen LogP contribution in [0.15, 0.2) is 12.4 Å². The summed E-state index contributed by atoms with van der Waals surface area (Å²) in [6, 6.07) is 0.861. The predicted molar refractivity (Wildman–Crippen MR) is 55.9 cm³/mol. The average molecular weight is 194 g/mol. The molecular formula is C10H18N4. The Balaban J connectivity index is 1.54. The van der Waals surface area contributed by atoms with Gasteiger partial charge in [0.2, 0.25) is 0 Å². The standard InChI is InChI=1S/C10H18N4/c1-14(9-2-3-9)7-6-11-8-10-12-4-5-13-10/h4-5,9,11H,2-3,6-8H2,1H3,(H,12,13). The second-order valence-corrected chi connectivity index (χ2v) is 3.92. The Labute approximate surface area is 84.7 Å². The monoisotopic (exact) mass is 194 g/mol. The van der Waals surface area contributed by atoms with Gasteiger partial charge < -0.3 is 15.2 Å². The van der Waals surface area contributed by atoms with Crippen molar-refractivity contribution in [1.29, 1.82) is 0 Å². The van der Waals surface area contributed by atoms with Crippen LogP contribution in [0.25, 0.3) is 0 Å². The van der Waals surface area contributed by atoms with Crippen molar-refractivity contribution in [2.24, 2.45) is 0 Å². The summed E-state index contributed by atoms with van der Waals surface area (Å²) in [5.74, 6) is 1.01. The maximum absolute atomic E-state index is 4.15. The molecule has 1 fully saturated rings. The van der Waals surface area contributed by atoms with Crippen LogP contribution in [0.5, 0.6) is 0 Å². The first-order valence-electron chi connectivity index (χ1n) is 5.25. The highest BCUT2D eigenvalue weighted by molar-refractivity contribution is 4.86. The number of aromatic nitrogens is 2. The van der Waals surface area contributed by atoms with Crippen LogP contribution >= 0.6 is 0 Å². The van der Waals surface area contributed by atoms with Gasteiger partial charge in [-0.3, -0.25) is 0 Å². The summed E-state index contributed by atoms with van der Waals surface area (Å²) in [6.07, 6.45) is 6.41. The van der Waals surface area contributed by atoms with Crippen LogP contribution in [0.2, 0.25) is 0 Å². The van der Waals surface area contributed by atoms with E-state index in [1.54, 1.807) is 6.20 Å². The van der Waals surface area contributed by atoms with Gasteiger partial charge >= 0.3 is 0 Å². The van der Waals surface area contributed by atoms with Gasteiger partial charge in [-0.05, 0) is 19.9 Å². The maximum atomic E-state index is 4.15. The van der Waals surface area contributed by atoms with Gasteiger partial charge in [-0.2, -0.15) is 0 Å². The molecule has 2 N–H and O–H groups in total. The Morgan fingerprint density at radius 1 is 1.64 bits per heavy atom. The number of likely N-dealkylation sites (N-methyl/N-ethyl adjacent to an activating group) is 1. The molecule has 4 nitrogen and oxygen atoms in total. The molecule has 1 aromatic rings. The van der Waals surface area contributed by atoms with Crippen LogP contribution in [0.4, 0.5) is 0 Å². The molecule has 0 radical (unpaired) electrons. The van der Waals surface area contributed by atoms with Crippen LogP contribution in [0, 0.1) is 0 Å². The third-order valence-corrected chi connectivity index (χ3v) is 2.66. The van der Waals surface area contributed by atoms with E-state index in [-0.39, 0.29) is 0 Å². The molecule has 4 heteroatoms. The summed E-state index contributed by atoms with van der Waals surface area (Å²) in [5.41, 5.74) is 0. The van der Waals surface area contributed by atoms with E-state index in [0.29, 0.717) is 0 Å². The van der Waals surface area contributed by atoms with Crippen molar-refractivity contribution in [1.82, 2.24) is 20.2 Å². The molecule has 0 saturated heterocycles. The lowest BCUT2D eigenvalue weighted by molar-refractivity contribution is 0.321. The van der Waals surface area contributed by atoms with Gasteiger partial charge in [0.05, 0.1) is 6.54 Å². The van der Waals surface area contributed by atoms with Crippen LogP contribution in [0.1, 0.15) is 18.7 Å². The lowest BCUT2D eigenvalue weighted by atomic mass is 10.5. The summed E-state index contributed by atoms with van der Waals surface area (Å²) in [6.45, 7) is 3.00. The smallest absolute Gasteiger partial charge is 0.120 e. The highest BCUT2D eigenvalue weighted by Crippen LogP contribution is 2.24. The second-order valence-electron chi connectivity index (χ2n) is 3.92. The van der Waals surface area contributed by atoms with Crippen molar-refractivity contribution >= 4 is 0 Å². The fourth-order valence-electron chi connectivity index (χ4n) is 1.55. The van der Waals surface area contributed by atoms with Crippen molar-refractivity contribution in [2.75, 3.05) is 20.1 Å². The molecule has 1 heterocycles. The fourth-order valence-corrected chi connectivity index (χ4v) is 1.55. The third-order valence-electron chi connectivity index (χ3n) is 2.66. The largest absolute Gasteiger partial charge is 0.348 e. The van der Waals surface area contributed by atoms with Gasteiger partial charge in [-0.1, -0.05) is 0 Å². The molecule has 1 aliphatic carbocycles. The SMILES string of the molecule is CN(CCNCc1ncc[nH]1)C1CC1. The van der Waals surface area contributed by atoms with E-state index >= 15 is 0 Å². The van der Waals surface area contributed by atoms with Crippen molar-refractivity contribution in [3.63, 3.8) is 0 Å². The first-order chi connectivity index (χ1) is 6.86. The van der Waals surface area contributed by atoms with Gasteiger partial charge in [0, 0.05) is 31.5 Å². The number of nitrogens with zero attached hydrogens (tertiary/aromatic N) is 2. The lowest BCUT2D eigenvalue weighted by Crippen LogP contribution is -2.30. The normalized spacial score (nSPS) is 16.4. The van der Waals surface area contributed by atoms with Crippen LogP contribution < -0.4 is 5.32 Å². The number of rotatable bonds is 6. The van der Waals surface area contributed by atoms with Crippen molar-refractivity contribution in [2.45, 2.75) is 25.4 Å². The van der Waals surface area contributed by atoms with E-state index in [4.69, 9.17) is 0 Å². The Bertz CT molecular complexity index is 253. The number of hydrogen-bond acceptors (Lipinski definition) is 3. The number of hydrogen-bond donors (Lipinski definition) is 2. The third kappa shape index (κ3) is 2.82. The van der Waals surface area contributed by atoms with Gasteiger partial charge in [0.25, 0.3) is 0 Å². The first kappa shape index (κ1) is 9.68. The minimum Gasteiger partial charge on any atom is -0.348 e. The summed E-state index contributed by atoms with van der Waals surface area (Å²) in [4.78, 5) is 9.65. The molecule has 1 aromatic heterocycles. The molecule has 1 saturated carbocycles. The topological polar surface area (TPSA) is 44.0 Å². The predicted octanol–water partition coefficient (Wildman–Crippen LogP) is 0.593. The number of imidazole rings is 1. The summed E-state index contributed by atoms with van der Waals surface area (Å²) < 4.78 is 0. The van der Waals surface area contributed by atoms with Crippen LogP contribution in [-0.4, -0.2) is 41.0 Å². The molecule has 0 aromatic carbocycles. The molecule has 0 atom stereocenters. The molecule has 78 valence electrons. The summed E-state index contributed by atoms with van der Waals surface area (Å²) in [7, 11) is 2.20. The quantitative estimate of drug-likeness (QED) is 0.652. The van der Waals surface area contributed by atoms with Gasteiger partial charge in [0.15, 0.2) is 0 Å². The molecule has 0 amide bonds. The first-order valence-corrected chi connectivity index (χ1v) is 5.25. The molecule has 2 rings (SSSR count). The van der Waals surface area contributed by atoms with Crippen molar-refractivity contribution in [3.8, 4) is 0 Å². The Hall–Kier alpha value is -0.870. The van der Waals surface area contributed by atoms with Gasteiger partial charge in [-0.15, -0.1) is 0 Å². The molecule has 1 aliphatic rings. The summed E-state index contributed by atoms with van der Waals surface area (Å²) >= 11 is 0. The Kier molecular flexibility index (Phi) is 3.16. The average Bonchev–Trinajstić information content (AvgIpc) is 2.92. The second kappa shape index (κ2) is 4.57. The zero-order valence-corrected chi connectivity index (χ0v) is 8.66. The zero-order valence-electron chi connectivity index (χ0n) is 8.66. The van der Waals surface area contributed by atoms with E-state index in [1.807, 2.05) is 6.20 Å².